The van der Waals surface area contributed by atoms with Crippen LogP contribution in [0, 0.1) is 0 Å². The predicted molar refractivity (Wildman–Crippen MR) is 101 cm³/mol. The Labute approximate surface area is 155 Å². The van der Waals surface area contributed by atoms with Crippen LogP contribution in [0.3, 0.4) is 0 Å². The van der Waals surface area contributed by atoms with Crippen molar-refractivity contribution in [2.45, 2.75) is 45.2 Å². The summed E-state index contributed by atoms with van der Waals surface area (Å²) < 4.78 is 5.90. The molecule has 4 heterocycles. The molecular formula is C20H27N5O. The van der Waals surface area contributed by atoms with Crippen LogP contribution in [0.15, 0.2) is 30.7 Å². The van der Waals surface area contributed by atoms with Gasteiger partial charge in [-0.15, -0.1) is 0 Å². The Hall–Kier alpha value is -2.21. The van der Waals surface area contributed by atoms with E-state index in [1.807, 2.05) is 12.3 Å². The number of ether oxygens (including phenoxy) is 1. The van der Waals surface area contributed by atoms with Crippen LogP contribution in [0.25, 0.3) is 0 Å². The van der Waals surface area contributed by atoms with Crippen molar-refractivity contribution < 1.29 is 4.74 Å². The molecule has 6 nitrogen and oxygen atoms in total. The van der Waals surface area contributed by atoms with Crippen molar-refractivity contribution >= 4 is 5.82 Å². The fraction of sp³-hybridized carbons (Fsp3) is 0.550. The monoisotopic (exact) mass is 353 g/mol. The topological polar surface area (TPSA) is 54.4 Å². The second-order valence-corrected chi connectivity index (χ2v) is 7.22. The Kier molecular flexibility index (Phi) is 5.29. The molecule has 0 aliphatic carbocycles. The van der Waals surface area contributed by atoms with Crippen LogP contribution >= 0.6 is 0 Å². The zero-order valence-corrected chi connectivity index (χ0v) is 15.5. The summed E-state index contributed by atoms with van der Waals surface area (Å²) in [5.41, 5.74) is 2.40. The van der Waals surface area contributed by atoms with Gasteiger partial charge in [0, 0.05) is 50.6 Å². The summed E-state index contributed by atoms with van der Waals surface area (Å²) in [7, 11) is 0. The second kappa shape index (κ2) is 7.99. The number of hydrogen-bond donors (Lipinski definition) is 0. The maximum atomic E-state index is 5.90. The molecule has 0 spiro atoms. The maximum Gasteiger partial charge on any atom is 0.213 e. The number of likely N-dealkylation sites (tertiary alicyclic amines) is 1. The first kappa shape index (κ1) is 17.2. The van der Waals surface area contributed by atoms with Gasteiger partial charge in [-0.05, 0) is 38.3 Å². The minimum absolute atomic E-state index is 0.731. The Morgan fingerprint density at radius 2 is 2.19 bits per heavy atom. The lowest BCUT2D eigenvalue weighted by Gasteiger charge is -2.29. The van der Waals surface area contributed by atoms with E-state index in [9.17, 15) is 0 Å². The fourth-order valence-corrected chi connectivity index (χ4v) is 3.90. The van der Waals surface area contributed by atoms with Crippen molar-refractivity contribution in [2.24, 2.45) is 0 Å². The molecule has 2 aliphatic rings. The molecular weight excluding hydrogens is 326 g/mol. The summed E-state index contributed by atoms with van der Waals surface area (Å²) in [5, 5.41) is 0. The van der Waals surface area contributed by atoms with Crippen LogP contribution in [0.4, 0.5) is 5.82 Å². The van der Waals surface area contributed by atoms with E-state index in [1.54, 1.807) is 12.4 Å². The van der Waals surface area contributed by atoms with Crippen molar-refractivity contribution in [3.05, 3.63) is 42.0 Å². The van der Waals surface area contributed by atoms with Gasteiger partial charge in [0.15, 0.2) is 0 Å². The van der Waals surface area contributed by atoms with Gasteiger partial charge in [-0.3, -0.25) is 4.98 Å². The molecule has 2 aromatic heterocycles. The van der Waals surface area contributed by atoms with Gasteiger partial charge in [0.1, 0.15) is 5.82 Å². The van der Waals surface area contributed by atoms with Gasteiger partial charge in [0.05, 0.1) is 18.5 Å². The van der Waals surface area contributed by atoms with Crippen molar-refractivity contribution in [3.63, 3.8) is 0 Å². The molecule has 0 amide bonds. The summed E-state index contributed by atoms with van der Waals surface area (Å²) in [6, 6.07) is 4.87. The van der Waals surface area contributed by atoms with Crippen molar-refractivity contribution in [3.8, 4) is 5.88 Å². The molecule has 26 heavy (non-hydrogen) atoms. The highest BCUT2D eigenvalue weighted by atomic mass is 16.5. The standard InChI is InChI=1S/C20H27N5O/c1-16-4-2-10-24(16)11-3-13-26-20-6-5-17-15-25(12-7-18(17)23-20)19-14-21-8-9-22-19/h5-6,8-9,14,16H,2-4,7,10-13,15H2,1H3/t16-/m1/s1. The minimum atomic E-state index is 0.731. The number of nitrogens with zero attached hydrogens (tertiary/aromatic N) is 5. The van der Waals surface area contributed by atoms with Gasteiger partial charge in [0.2, 0.25) is 5.88 Å². The SMILES string of the molecule is C[C@@H]1CCCN1CCCOc1ccc2c(n1)CCN(c1cnccn1)C2. The summed E-state index contributed by atoms with van der Waals surface area (Å²) in [6.45, 7) is 7.16. The Morgan fingerprint density at radius 3 is 3.00 bits per heavy atom. The van der Waals surface area contributed by atoms with Crippen LogP contribution in [-0.4, -0.2) is 52.1 Å². The number of hydrogen-bond acceptors (Lipinski definition) is 6. The number of fused-ring (bicyclic) bond motifs is 1. The van der Waals surface area contributed by atoms with Gasteiger partial charge < -0.3 is 14.5 Å². The average Bonchev–Trinajstić information content (AvgIpc) is 3.10. The quantitative estimate of drug-likeness (QED) is 0.744. The molecule has 0 bridgehead atoms. The van der Waals surface area contributed by atoms with Crippen molar-refractivity contribution in [1.82, 2.24) is 19.9 Å². The molecule has 1 atom stereocenters. The lowest BCUT2D eigenvalue weighted by atomic mass is 10.1. The Morgan fingerprint density at radius 1 is 1.23 bits per heavy atom. The van der Waals surface area contributed by atoms with E-state index in [0.717, 1.165) is 62.5 Å². The molecule has 1 saturated heterocycles. The molecule has 1 fully saturated rings. The molecule has 6 heteroatoms. The van der Waals surface area contributed by atoms with E-state index in [0.29, 0.717) is 0 Å². The van der Waals surface area contributed by atoms with Crippen LogP contribution in [0.5, 0.6) is 5.88 Å². The van der Waals surface area contributed by atoms with Crippen LogP contribution in [0.2, 0.25) is 0 Å². The lowest BCUT2D eigenvalue weighted by molar-refractivity contribution is 0.226. The largest absolute Gasteiger partial charge is 0.478 e. The van der Waals surface area contributed by atoms with Gasteiger partial charge in [-0.1, -0.05) is 6.07 Å². The van der Waals surface area contributed by atoms with Gasteiger partial charge in [-0.25, -0.2) is 9.97 Å². The lowest BCUT2D eigenvalue weighted by Crippen LogP contribution is -2.31. The first-order valence-corrected chi connectivity index (χ1v) is 9.66. The second-order valence-electron chi connectivity index (χ2n) is 7.22. The van der Waals surface area contributed by atoms with Crippen molar-refractivity contribution in [2.75, 3.05) is 31.1 Å². The van der Waals surface area contributed by atoms with Gasteiger partial charge in [-0.2, -0.15) is 0 Å². The highest BCUT2D eigenvalue weighted by Crippen LogP contribution is 2.23. The summed E-state index contributed by atoms with van der Waals surface area (Å²) in [6.07, 6.45) is 9.90. The molecule has 0 unspecified atom stereocenters. The molecule has 0 saturated carbocycles. The van der Waals surface area contributed by atoms with E-state index in [1.165, 1.54) is 24.9 Å². The average molecular weight is 353 g/mol. The van der Waals surface area contributed by atoms with Gasteiger partial charge in [0.25, 0.3) is 0 Å². The predicted octanol–water partition coefficient (Wildman–Crippen LogP) is 2.69. The Bertz CT molecular complexity index is 723. The molecule has 0 N–H and O–H groups in total. The molecule has 4 rings (SSSR count). The molecule has 2 aromatic rings. The maximum absolute atomic E-state index is 5.90. The molecule has 2 aliphatic heterocycles. The zero-order chi connectivity index (χ0) is 17.8. The number of anilines is 1. The fourth-order valence-electron chi connectivity index (χ4n) is 3.90. The Balaban J connectivity index is 1.29. The van der Waals surface area contributed by atoms with Crippen LogP contribution < -0.4 is 9.64 Å². The number of aromatic nitrogens is 3. The number of rotatable bonds is 6. The van der Waals surface area contributed by atoms with E-state index >= 15 is 0 Å². The van der Waals surface area contributed by atoms with E-state index in [-0.39, 0.29) is 0 Å². The first-order chi connectivity index (χ1) is 12.8. The molecule has 138 valence electrons. The third-order valence-corrected chi connectivity index (χ3v) is 5.43. The van der Waals surface area contributed by atoms with E-state index in [2.05, 4.69) is 32.8 Å². The van der Waals surface area contributed by atoms with Crippen LogP contribution in [-0.2, 0) is 13.0 Å². The minimum Gasteiger partial charge on any atom is -0.478 e. The van der Waals surface area contributed by atoms with Crippen molar-refractivity contribution in [1.29, 1.82) is 0 Å². The molecule has 0 radical (unpaired) electrons. The van der Waals surface area contributed by atoms with Crippen LogP contribution in [0.1, 0.15) is 37.4 Å². The first-order valence-electron chi connectivity index (χ1n) is 9.66. The zero-order valence-electron chi connectivity index (χ0n) is 15.5. The summed E-state index contributed by atoms with van der Waals surface area (Å²) >= 11 is 0. The third kappa shape index (κ3) is 3.96. The smallest absolute Gasteiger partial charge is 0.213 e. The van der Waals surface area contributed by atoms with Gasteiger partial charge >= 0.3 is 0 Å². The van der Waals surface area contributed by atoms with E-state index in [4.69, 9.17) is 9.72 Å². The summed E-state index contributed by atoms with van der Waals surface area (Å²) in [5.74, 6) is 1.68. The number of pyridine rings is 1. The van der Waals surface area contributed by atoms with E-state index < -0.39 is 0 Å². The normalized spacial score (nSPS) is 20.2. The highest BCUT2D eigenvalue weighted by molar-refractivity contribution is 5.41. The summed E-state index contributed by atoms with van der Waals surface area (Å²) in [4.78, 5) is 18.1. The third-order valence-electron chi connectivity index (χ3n) is 5.43. The highest BCUT2D eigenvalue weighted by Gasteiger charge is 2.20. The molecule has 0 aromatic carbocycles.